The molecule has 1 aromatic rings. The van der Waals surface area contributed by atoms with E-state index in [1.807, 2.05) is 12.1 Å². The zero-order chi connectivity index (χ0) is 12.3. The van der Waals surface area contributed by atoms with E-state index in [4.69, 9.17) is 23.2 Å². The molecule has 2 rings (SSSR count). The van der Waals surface area contributed by atoms with Crippen LogP contribution in [0.5, 0.6) is 0 Å². The van der Waals surface area contributed by atoms with Gasteiger partial charge in [0.1, 0.15) is 0 Å². The molecule has 0 spiro atoms. The average molecular weight is 274 g/mol. The quantitative estimate of drug-likeness (QED) is 0.912. The predicted molar refractivity (Wildman–Crippen MR) is 72.4 cm³/mol. The molecule has 5 heteroatoms. The van der Waals surface area contributed by atoms with Gasteiger partial charge in [-0.1, -0.05) is 23.2 Å². The molecular weight excluding hydrogens is 257 g/mol. The molecule has 0 radical (unpaired) electrons. The second-order valence-electron chi connectivity index (χ2n) is 4.40. The molecule has 0 amide bonds. The van der Waals surface area contributed by atoms with Gasteiger partial charge >= 0.3 is 0 Å². The summed E-state index contributed by atoms with van der Waals surface area (Å²) in [6, 6.07) is 5.63. The van der Waals surface area contributed by atoms with E-state index in [2.05, 4.69) is 22.4 Å². The third kappa shape index (κ3) is 4.12. The molecule has 1 saturated heterocycles. The lowest BCUT2D eigenvalue weighted by Gasteiger charge is -2.32. The molecule has 17 heavy (non-hydrogen) atoms. The standard InChI is InChI=1S/C12H17Cl2N3/c1-16-2-4-17(5-3-16)15-9-10-6-11(13)8-12(14)7-10/h6-8,15H,2-5,9H2,1H3. The maximum Gasteiger partial charge on any atom is 0.0424 e. The number of benzene rings is 1. The molecule has 0 aromatic heterocycles. The maximum absolute atomic E-state index is 5.96. The lowest BCUT2D eigenvalue weighted by molar-refractivity contribution is 0.102. The van der Waals surface area contributed by atoms with Crippen molar-refractivity contribution in [3.8, 4) is 0 Å². The number of likely N-dealkylation sites (N-methyl/N-ethyl adjacent to an activating group) is 1. The highest BCUT2D eigenvalue weighted by Gasteiger charge is 2.12. The Morgan fingerprint density at radius 2 is 1.65 bits per heavy atom. The van der Waals surface area contributed by atoms with E-state index in [1.165, 1.54) is 0 Å². The molecule has 1 fully saturated rings. The fourth-order valence-corrected chi connectivity index (χ4v) is 2.45. The van der Waals surface area contributed by atoms with Crippen molar-refractivity contribution in [2.45, 2.75) is 6.54 Å². The highest BCUT2D eigenvalue weighted by molar-refractivity contribution is 6.34. The first kappa shape index (κ1) is 13.1. The zero-order valence-electron chi connectivity index (χ0n) is 9.92. The molecule has 1 aliphatic rings. The number of piperazine rings is 1. The first-order chi connectivity index (χ1) is 8.13. The van der Waals surface area contributed by atoms with Crippen LogP contribution in [0.2, 0.25) is 10.0 Å². The Kier molecular flexibility index (Phi) is 4.65. The first-order valence-electron chi connectivity index (χ1n) is 5.75. The van der Waals surface area contributed by atoms with E-state index in [1.54, 1.807) is 6.07 Å². The number of hydrazine groups is 1. The molecule has 1 N–H and O–H groups in total. The Bertz CT molecular complexity index is 356. The smallest absolute Gasteiger partial charge is 0.0424 e. The molecule has 0 unspecified atom stereocenters. The van der Waals surface area contributed by atoms with Crippen LogP contribution >= 0.6 is 23.2 Å². The summed E-state index contributed by atoms with van der Waals surface area (Å²) in [7, 11) is 2.15. The zero-order valence-corrected chi connectivity index (χ0v) is 11.4. The van der Waals surface area contributed by atoms with Crippen LogP contribution in [-0.2, 0) is 6.54 Å². The lowest BCUT2D eigenvalue weighted by atomic mass is 10.2. The third-order valence-electron chi connectivity index (χ3n) is 2.93. The van der Waals surface area contributed by atoms with Gasteiger partial charge in [-0.25, -0.2) is 5.01 Å². The van der Waals surface area contributed by atoms with Crippen molar-refractivity contribution in [3.05, 3.63) is 33.8 Å². The lowest BCUT2D eigenvalue weighted by Crippen LogP contribution is -2.50. The summed E-state index contributed by atoms with van der Waals surface area (Å²) in [5.74, 6) is 0. The molecule has 0 atom stereocenters. The Hall–Kier alpha value is -0.320. The number of nitrogens with one attached hydrogen (secondary N) is 1. The van der Waals surface area contributed by atoms with E-state index in [9.17, 15) is 0 Å². The molecule has 0 saturated carbocycles. The van der Waals surface area contributed by atoms with E-state index in [-0.39, 0.29) is 0 Å². The highest BCUT2D eigenvalue weighted by atomic mass is 35.5. The van der Waals surface area contributed by atoms with Crippen molar-refractivity contribution in [1.82, 2.24) is 15.3 Å². The Morgan fingerprint density at radius 3 is 2.24 bits per heavy atom. The summed E-state index contributed by atoms with van der Waals surface area (Å²) in [6.45, 7) is 5.06. The minimum Gasteiger partial charge on any atom is -0.304 e. The van der Waals surface area contributed by atoms with Crippen molar-refractivity contribution in [1.29, 1.82) is 0 Å². The van der Waals surface area contributed by atoms with Crippen LogP contribution < -0.4 is 5.43 Å². The van der Waals surface area contributed by atoms with Crippen LogP contribution in [-0.4, -0.2) is 43.1 Å². The van der Waals surface area contributed by atoms with Gasteiger partial charge in [-0.3, -0.25) is 5.43 Å². The molecule has 1 heterocycles. The van der Waals surface area contributed by atoms with Crippen molar-refractivity contribution in [3.63, 3.8) is 0 Å². The van der Waals surface area contributed by atoms with Crippen LogP contribution in [0.25, 0.3) is 0 Å². The minimum atomic E-state index is 0.688. The number of hydrogen-bond acceptors (Lipinski definition) is 3. The molecule has 3 nitrogen and oxygen atoms in total. The molecule has 94 valence electrons. The topological polar surface area (TPSA) is 18.5 Å². The first-order valence-corrected chi connectivity index (χ1v) is 6.51. The summed E-state index contributed by atoms with van der Waals surface area (Å²) < 4.78 is 0. The second-order valence-corrected chi connectivity index (χ2v) is 5.28. The average Bonchev–Trinajstić information content (AvgIpc) is 2.27. The fourth-order valence-electron chi connectivity index (χ4n) is 1.88. The van der Waals surface area contributed by atoms with Gasteiger partial charge < -0.3 is 4.90 Å². The van der Waals surface area contributed by atoms with Crippen molar-refractivity contribution < 1.29 is 0 Å². The van der Waals surface area contributed by atoms with Gasteiger partial charge in [0.2, 0.25) is 0 Å². The normalized spacial score (nSPS) is 18.5. The molecule has 0 aliphatic carbocycles. The number of halogens is 2. The van der Waals surface area contributed by atoms with Crippen LogP contribution in [0.3, 0.4) is 0 Å². The molecule has 1 aliphatic heterocycles. The van der Waals surface area contributed by atoms with Crippen molar-refractivity contribution >= 4 is 23.2 Å². The fraction of sp³-hybridized carbons (Fsp3) is 0.500. The van der Waals surface area contributed by atoms with Gasteiger partial charge in [0.15, 0.2) is 0 Å². The minimum absolute atomic E-state index is 0.688. The van der Waals surface area contributed by atoms with Crippen LogP contribution in [0.15, 0.2) is 18.2 Å². The summed E-state index contributed by atoms with van der Waals surface area (Å²) in [6.07, 6.45) is 0. The largest absolute Gasteiger partial charge is 0.304 e. The predicted octanol–water partition coefficient (Wildman–Crippen LogP) is 2.25. The SMILES string of the molecule is CN1CCN(NCc2cc(Cl)cc(Cl)c2)CC1. The monoisotopic (exact) mass is 273 g/mol. The Labute approximate surface area is 112 Å². The van der Waals surface area contributed by atoms with E-state index in [0.29, 0.717) is 10.0 Å². The second kappa shape index (κ2) is 6.03. The summed E-state index contributed by atoms with van der Waals surface area (Å²) in [5.41, 5.74) is 4.51. The van der Waals surface area contributed by atoms with Gasteiger partial charge in [0.25, 0.3) is 0 Å². The van der Waals surface area contributed by atoms with Crippen LogP contribution in [0.1, 0.15) is 5.56 Å². The van der Waals surface area contributed by atoms with Gasteiger partial charge in [-0.2, -0.15) is 0 Å². The van der Waals surface area contributed by atoms with Gasteiger partial charge in [-0.05, 0) is 30.8 Å². The van der Waals surface area contributed by atoms with Crippen LogP contribution in [0, 0.1) is 0 Å². The Balaban J connectivity index is 1.85. The number of hydrogen-bond donors (Lipinski definition) is 1. The van der Waals surface area contributed by atoms with E-state index < -0.39 is 0 Å². The molecule has 0 bridgehead atoms. The highest BCUT2D eigenvalue weighted by Crippen LogP contribution is 2.18. The molecular formula is C12H17Cl2N3. The van der Waals surface area contributed by atoms with Crippen molar-refractivity contribution in [2.75, 3.05) is 33.2 Å². The molecule has 1 aromatic carbocycles. The van der Waals surface area contributed by atoms with E-state index in [0.717, 1.165) is 38.3 Å². The van der Waals surface area contributed by atoms with Gasteiger partial charge in [0, 0.05) is 42.8 Å². The summed E-state index contributed by atoms with van der Waals surface area (Å²) in [4.78, 5) is 2.33. The number of nitrogens with zero attached hydrogens (tertiary/aromatic N) is 2. The summed E-state index contributed by atoms with van der Waals surface area (Å²) in [5, 5.41) is 3.62. The Morgan fingerprint density at radius 1 is 1.06 bits per heavy atom. The van der Waals surface area contributed by atoms with Crippen LogP contribution in [0.4, 0.5) is 0 Å². The maximum atomic E-state index is 5.96. The van der Waals surface area contributed by atoms with E-state index >= 15 is 0 Å². The number of rotatable bonds is 3. The summed E-state index contributed by atoms with van der Waals surface area (Å²) >= 11 is 11.9. The third-order valence-corrected chi connectivity index (χ3v) is 3.37. The van der Waals surface area contributed by atoms with Crippen molar-refractivity contribution in [2.24, 2.45) is 0 Å². The van der Waals surface area contributed by atoms with Gasteiger partial charge in [-0.15, -0.1) is 0 Å². The van der Waals surface area contributed by atoms with Gasteiger partial charge in [0.05, 0.1) is 0 Å².